The predicted molar refractivity (Wildman–Crippen MR) is 67.0 cm³/mol. The Morgan fingerprint density at radius 1 is 1.35 bits per heavy atom. The molecule has 0 spiro atoms. The molecule has 0 bridgehead atoms. The molecule has 2 rings (SSSR count). The summed E-state index contributed by atoms with van der Waals surface area (Å²) in [6.07, 6.45) is 4.43. The van der Waals surface area contributed by atoms with Crippen LogP contribution in [0.2, 0.25) is 0 Å². The van der Waals surface area contributed by atoms with E-state index in [1.165, 1.54) is 11.1 Å². The van der Waals surface area contributed by atoms with Gasteiger partial charge in [-0.25, -0.2) is 0 Å². The highest BCUT2D eigenvalue weighted by molar-refractivity contribution is 5.26. The van der Waals surface area contributed by atoms with Gasteiger partial charge in [-0.1, -0.05) is 6.92 Å². The van der Waals surface area contributed by atoms with Gasteiger partial charge in [-0.2, -0.15) is 0 Å². The van der Waals surface area contributed by atoms with Crippen LogP contribution in [0.5, 0.6) is 0 Å². The summed E-state index contributed by atoms with van der Waals surface area (Å²) >= 11 is 0. The van der Waals surface area contributed by atoms with Crippen LogP contribution in [-0.2, 0) is 6.42 Å². The quantitative estimate of drug-likeness (QED) is 0.860. The zero-order valence-corrected chi connectivity index (χ0v) is 10.6. The lowest BCUT2D eigenvalue weighted by Gasteiger charge is -2.16. The maximum absolute atomic E-state index is 5.60. The summed E-state index contributed by atoms with van der Waals surface area (Å²) in [6, 6.07) is 4.41. The van der Waals surface area contributed by atoms with Crippen LogP contribution in [0.4, 0.5) is 0 Å². The highest BCUT2D eigenvalue weighted by Gasteiger charge is 2.17. The summed E-state index contributed by atoms with van der Waals surface area (Å²) < 4.78 is 10.7. The van der Waals surface area contributed by atoms with Crippen LogP contribution in [0.3, 0.4) is 0 Å². The van der Waals surface area contributed by atoms with Crippen LogP contribution in [-0.4, -0.2) is 6.54 Å². The van der Waals surface area contributed by atoms with E-state index in [4.69, 9.17) is 8.83 Å². The molecule has 0 amide bonds. The molecular weight excluding hydrogens is 214 g/mol. The van der Waals surface area contributed by atoms with Gasteiger partial charge in [0.2, 0.25) is 0 Å². The molecule has 1 N–H and O–H groups in total. The molecule has 1 unspecified atom stereocenters. The van der Waals surface area contributed by atoms with Crippen molar-refractivity contribution < 1.29 is 8.83 Å². The summed E-state index contributed by atoms with van der Waals surface area (Å²) in [5, 5.41) is 3.49. The van der Waals surface area contributed by atoms with Crippen LogP contribution < -0.4 is 5.32 Å². The molecule has 2 aromatic rings. The molecule has 0 saturated carbocycles. The van der Waals surface area contributed by atoms with Crippen molar-refractivity contribution in [2.24, 2.45) is 0 Å². The monoisotopic (exact) mass is 233 g/mol. The van der Waals surface area contributed by atoms with Gasteiger partial charge in [0.05, 0.1) is 12.5 Å². The third kappa shape index (κ3) is 2.80. The van der Waals surface area contributed by atoms with Crippen LogP contribution in [0.15, 0.2) is 33.5 Å². The maximum Gasteiger partial charge on any atom is 0.105 e. The van der Waals surface area contributed by atoms with Crippen molar-refractivity contribution >= 4 is 0 Å². The Balaban J connectivity index is 2.19. The molecular formula is C14H19NO2. The molecule has 0 aliphatic rings. The van der Waals surface area contributed by atoms with Crippen molar-refractivity contribution in [1.29, 1.82) is 0 Å². The Labute approximate surface area is 102 Å². The standard InChI is InChI=1S/C14H19NO2/c1-4-15-14(8-12-5-6-16-9-12)13-7-10(2)17-11(13)3/h5-7,9,14-15H,4,8H2,1-3H3. The van der Waals surface area contributed by atoms with E-state index < -0.39 is 0 Å². The Morgan fingerprint density at radius 3 is 2.71 bits per heavy atom. The van der Waals surface area contributed by atoms with Crippen LogP contribution >= 0.6 is 0 Å². The van der Waals surface area contributed by atoms with E-state index in [-0.39, 0.29) is 6.04 Å². The molecule has 0 aliphatic heterocycles. The second-order valence-corrected chi connectivity index (χ2v) is 4.31. The summed E-state index contributed by atoms with van der Waals surface area (Å²) in [5.74, 6) is 1.96. The molecule has 3 nitrogen and oxygen atoms in total. The zero-order valence-electron chi connectivity index (χ0n) is 10.6. The average molecular weight is 233 g/mol. The number of hydrogen-bond donors (Lipinski definition) is 1. The first kappa shape index (κ1) is 12.0. The Hall–Kier alpha value is -1.48. The fourth-order valence-electron chi connectivity index (χ4n) is 2.18. The van der Waals surface area contributed by atoms with Crippen LogP contribution in [0, 0.1) is 13.8 Å². The van der Waals surface area contributed by atoms with Gasteiger partial charge >= 0.3 is 0 Å². The van der Waals surface area contributed by atoms with Crippen molar-refractivity contribution in [2.45, 2.75) is 33.2 Å². The summed E-state index contributed by atoms with van der Waals surface area (Å²) in [7, 11) is 0. The molecule has 1 atom stereocenters. The lowest BCUT2D eigenvalue weighted by atomic mass is 10.0. The number of likely N-dealkylation sites (N-methyl/N-ethyl adjacent to an activating group) is 1. The van der Waals surface area contributed by atoms with Gasteiger partial charge in [0.25, 0.3) is 0 Å². The van der Waals surface area contributed by atoms with E-state index in [0.717, 1.165) is 24.5 Å². The molecule has 3 heteroatoms. The van der Waals surface area contributed by atoms with E-state index in [9.17, 15) is 0 Å². The van der Waals surface area contributed by atoms with Crippen molar-refractivity contribution in [2.75, 3.05) is 6.54 Å². The number of furan rings is 2. The molecule has 0 aromatic carbocycles. The number of aryl methyl sites for hydroxylation is 2. The second kappa shape index (κ2) is 5.23. The Bertz CT molecular complexity index is 457. The smallest absolute Gasteiger partial charge is 0.105 e. The Morgan fingerprint density at radius 2 is 2.18 bits per heavy atom. The fourth-order valence-corrected chi connectivity index (χ4v) is 2.18. The summed E-state index contributed by atoms with van der Waals surface area (Å²) in [4.78, 5) is 0. The van der Waals surface area contributed by atoms with Gasteiger partial charge in [0, 0.05) is 11.6 Å². The first-order valence-corrected chi connectivity index (χ1v) is 6.02. The van der Waals surface area contributed by atoms with E-state index in [1.807, 2.05) is 19.9 Å². The third-order valence-electron chi connectivity index (χ3n) is 2.93. The van der Waals surface area contributed by atoms with Crippen molar-refractivity contribution in [3.05, 3.63) is 47.3 Å². The van der Waals surface area contributed by atoms with Gasteiger partial charge in [-0.3, -0.25) is 0 Å². The highest BCUT2D eigenvalue weighted by atomic mass is 16.3. The second-order valence-electron chi connectivity index (χ2n) is 4.31. The van der Waals surface area contributed by atoms with Crippen LogP contribution in [0.25, 0.3) is 0 Å². The molecule has 0 saturated heterocycles. The van der Waals surface area contributed by atoms with Crippen molar-refractivity contribution in [1.82, 2.24) is 5.32 Å². The SMILES string of the molecule is CCNC(Cc1ccoc1)c1cc(C)oc1C. The first-order valence-electron chi connectivity index (χ1n) is 6.02. The van der Waals surface area contributed by atoms with E-state index in [2.05, 4.69) is 18.3 Å². The van der Waals surface area contributed by atoms with Gasteiger partial charge < -0.3 is 14.2 Å². The predicted octanol–water partition coefficient (Wildman–Crippen LogP) is 3.38. The maximum atomic E-state index is 5.60. The van der Waals surface area contributed by atoms with Crippen LogP contribution in [0.1, 0.15) is 35.6 Å². The minimum absolute atomic E-state index is 0.287. The third-order valence-corrected chi connectivity index (χ3v) is 2.93. The number of rotatable bonds is 5. The molecule has 2 aromatic heterocycles. The zero-order chi connectivity index (χ0) is 12.3. The lowest BCUT2D eigenvalue weighted by molar-refractivity contribution is 0.483. The van der Waals surface area contributed by atoms with Gasteiger partial charge in [-0.15, -0.1) is 0 Å². The molecule has 2 heterocycles. The fraction of sp³-hybridized carbons (Fsp3) is 0.429. The summed E-state index contributed by atoms with van der Waals surface area (Å²) in [5.41, 5.74) is 2.44. The number of nitrogens with one attached hydrogen (secondary N) is 1. The molecule has 92 valence electrons. The van der Waals surface area contributed by atoms with Gasteiger partial charge in [-0.05, 0) is 44.5 Å². The van der Waals surface area contributed by atoms with E-state index in [1.54, 1.807) is 12.5 Å². The largest absolute Gasteiger partial charge is 0.472 e. The van der Waals surface area contributed by atoms with Gasteiger partial charge in [0.1, 0.15) is 11.5 Å². The molecule has 0 radical (unpaired) electrons. The average Bonchev–Trinajstić information content (AvgIpc) is 2.88. The highest BCUT2D eigenvalue weighted by Crippen LogP contribution is 2.24. The summed E-state index contributed by atoms with van der Waals surface area (Å²) in [6.45, 7) is 7.05. The normalized spacial score (nSPS) is 12.9. The molecule has 17 heavy (non-hydrogen) atoms. The first-order chi connectivity index (χ1) is 8.20. The molecule has 0 aliphatic carbocycles. The topological polar surface area (TPSA) is 38.3 Å². The number of hydrogen-bond acceptors (Lipinski definition) is 3. The lowest BCUT2D eigenvalue weighted by Crippen LogP contribution is -2.23. The minimum atomic E-state index is 0.287. The van der Waals surface area contributed by atoms with E-state index >= 15 is 0 Å². The minimum Gasteiger partial charge on any atom is -0.472 e. The molecule has 0 fully saturated rings. The van der Waals surface area contributed by atoms with Crippen molar-refractivity contribution in [3.63, 3.8) is 0 Å². The van der Waals surface area contributed by atoms with Crippen molar-refractivity contribution in [3.8, 4) is 0 Å². The Kier molecular flexibility index (Phi) is 3.69. The van der Waals surface area contributed by atoms with Gasteiger partial charge in [0.15, 0.2) is 0 Å². The van der Waals surface area contributed by atoms with E-state index in [0.29, 0.717) is 0 Å².